The number of nitrogens with one attached hydrogen (secondary N) is 1. The van der Waals surface area contributed by atoms with Crippen LogP contribution in [-0.4, -0.2) is 48.9 Å². The molecule has 0 spiro atoms. The van der Waals surface area contributed by atoms with Gasteiger partial charge < -0.3 is 10.0 Å². The van der Waals surface area contributed by atoms with Gasteiger partial charge in [0.15, 0.2) is 0 Å². The van der Waals surface area contributed by atoms with Gasteiger partial charge in [0.05, 0.1) is 4.90 Å². The minimum atomic E-state index is -3.73. The quantitative estimate of drug-likeness (QED) is 0.738. The maximum atomic E-state index is 12.6. The molecule has 1 aromatic carbocycles. The Morgan fingerprint density at radius 2 is 1.88 bits per heavy atom. The lowest BCUT2D eigenvalue weighted by molar-refractivity contribution is -0.138. The summed E-state index contributed by atoms with van der Waals surface area (Å²) in [6.07, 6.45) is 0.589. The van der Waals surface area contributed by atoms with Crippen LogP contribution in [0.1, 0.15) is 44.5 Å². The minimum Gasteiger partial charge on any atom is -0.480 e. The Kier molecular flexibility index (Phi) is 6.92. The van der Waals surface area contributed by atoms with E-state index in [1.165, 1.54) is 29.2 Å². The Morgan fingerprint density at radius 3 is 2.38 bits per heavy atom. The number of rotatable bonds is 8. The van der Waals surface area contributed by atoms with Gasteiger partial charge in [-0.2, -0.15) is 0 Å². The Bertz CT molecular complexity index is 700. The fraction of sp³-hybridized carbons (Fsp3) is 0.500. The van der Waals surface area contributed by atoms with Crippen LogP contribution in [0.15, 0.2) is 29.2 Å². The molecule has 1 aromatic rings. The van der Waals surface area contributed by atoms with Gasteiger partial charge in [0, 0.05) is 17.6 Å². The number of aliphatic carboxylic acids is 1. The highest BCUT2D eigenvalue weighted by molar-refractivity contribution is 7.89. The number of carboxylic acids is 1. The van der Waals surface area contributed by atoms with E-state index in [-0.39, 0.29) is 22.5 Å². The third-order valence-corrected chi connectivity index (χ3v) is 5.13. The first-order valence-corrected chi connectivity index (χ1v) is 9.22. The first kappa shape index (κ1) is 20.1. The largest absolute Gasteiger partial charge is 0.480 e. The van der Waals surface area contributed by atoms with Crippen LogP contribution in [0.5, 0.6) is 0 Å². The molecule has 0 radical (unpaired) electrons. The van der Waals surface area contributed by atoms with Crippen molar-refractivity contribution in [3.63, 3.8) is 0 Å². The zero-order valence-corrected chi connectivity index (χ0v) is 15.1. The van der Waals surface area contributed by atoms with Crippen LogP contribution in [-0.2, 0) is 14.8 Å². The number of nitrogens with zero attached hydrogens (tertiary/aromatic N) is 1. The highest BCUT2D eigenvalue weighted by Gasteiger charge is 2.24. The fourth-order valence-corrected chi connectivity index (χ4v) is 3.43. The second kappa shape index (κ2) is 8.25. The van der Waals surface area contributed by atoms with E-state index in [1.54, 1.807) is 20.8 Å². The molecule has 1 rings (SSSR count). The Hall–Kier alpha value is -1.93. The smallest absolute Gasteiger partial charge is 0.323 e. The van der Waals surface area contributed by atoms with Crippen molar-refractivity contribution in [1.82, 2.24) is 9.62 Å². The van der Waals surface area contributed by atoms with E-state index in [0.29, 0.717) is 6.42 Å². The van der Waals surface area contributed by atoms with E-state index in [4.69, 9.17) is 5.11 Å². The number of amides is 1. The number of carboxylic acid groups (broad SMARTS) is 1. The molecule has 0 saturated carbocycles. The summed E-state index contributed by atoms with van der Waals surface area (Å²) in [6, 6.07) is 5.06. The van der Waals surface area contributed by atoms with Crippen LogP contribution >= 0.6 is 0 Å². The van der Waals surface area contributed by atoms with Gasteiger partial charge >= 0.3 is 5.97 Å². The second-order valence-corrected chi connectivity index (χ2v) is 7.60. The SMILES string of the molecule is CCC(C)N(CC(=O)O)C(=O)c1cccc(S(=O)(=O)NC(C)C)c1. The van der Waals surface area contributed by atoms with Crippen molar-refractivity contribution in [1.29, 1.82) is 0 Å². The molecule has 0 aromatic heterocycles. The highest BCUT2D eigenvalue weighted by Crippen LogP contribution is 2.16. The van der Waals surface area contributed by atoms with Crippen LogP contribution in [0.2, 0.25) is 0 Å². The Balaban J connectivity index is 3.19. The van der Waals surface area contributed by atoms with Crippen molar-refractivity contribution >= 4 is 21.9 Å². The van der Waals surface area contributed by atoms with Gasteiger partial charge in [0.1, 0.15) is 6.54 Å². The van der Waals surface area contributed by atoms with Crippen molar-refractivity contribution in [2.45, 2.75) is 51.1 Å². The maximum absolute atomic E-state index is 12.6. The average Bonchev–Trinajstić information content (AvgIpc) is 2.50. The molecule has 1 amide bonds. The molecule has 0 aliphatic heterocycles. The van der Waals surface area contributed by atoms with Crippen molar-refractivity contribution in [2.24, 2.45) is 0 Å². The van der Waals surface area contributed by atoms with Crippen LogP contribution < -0.4 is 4.72 Å². The van der Waals surface area contributed by atoms with Gasteiger partial charge in [-0.25, -0.2) is 13.1 Å². The van der Waals surface area contributed by atoms with Crippen molar-refractivity contribution in [2.75, 3.05) is 6.54 Å². The van der Waals surface area contributed by atoms with Crippen LogP contribution in [0.25, 0.3) is 0 Å². The molecule has 7 nitrogen and oxygen atoms in total. The number of sulfonamides is 1. The fourth-order valence-electron chi connectivity index (χ4n) is 2.13. The van der Waals surface area contributed by atoms with E-state index in [1.807, 2.05) is 6.92 Å². The second-order valence-electron chi connectivity index (χ2n) is 5.89. The molecule has 0 bridgehead atoms. The van der Waals surface area contributed by atoms with Gasteiger partial charge in [-0.15, -0.1) is 0 Å². The molecular weight excluding hydrogens is 332 g/mol. The van der Waals surface area contributed by atoms with Gasteiger partial charge in [-0.1, -0.05) is 13.0 Å². The summed E-state index contributed by atoms with van der Waals surface area (Å²) in [5, 5.41) is 9.01. The molecule has 0 fully saturated rings. The average molecular weight is 356 g/mol. The maximum Gasteiger partial charge on any atom is 0.323 e. The van der Waals surface area contributed by atoms with Crippen LogP contribution in [0.4, 0.5) is 0 Å². The van der Waals surface area contributed by atoms with Gasteiger partial charge in [-0.3, -0.25) is 9.59 Å². The molecule has 0 saturated heterocycles. The van der Waals surface area contributed by atoms with Gasteiger partial charge in [-0.05, 0) is 45.4 Å². The standard InChI is InChI=1S/C16H24N2O5S/c1-5-12(4)18(10-15(19)20)16(21)13-7-6-8-14(9-13)24(22,23)17-11(2)3/h6-9,11-12,17H,5,10H2,1-4H3,(H,19,20). The number of benzene rings is 1. The topological polar surface area (TPSA) is 104 Å². The molecule has 134 valence electrons. The molecule has 8 heteroatoms. The van der Waals surface area contributed by atoms with Crippen LogP contribution in [0.3, 0.4) is 0 Å². The lowest BCUT2D eigenvalue weighted by Crippen LogP contribution is -2.42. The summed E-state index contributed by atoms with van der Waals surface area (Å²) in [7, 11) is -3.73. The lowest BCUT2D eigenvalue weighted by Gasteiger charge is -2.27. The number of carbonyl (C=O) groups excluding carboxylic acids is 1. The van der Waals surface area contributed by atoms with Crippen molar-refractivity contribution < 1.29 is 23.1 Å². The van der Waals surface area contributed by atoms with Crippen LogP contribution in [0, 0.1) is 0 Å². The zero-order chi connectivity index (χ0) is 18.5. The molecule has 1 unspecified atom stereocenters. The first-order chi connectivity index (χ1) is 11.1. The summed E-state index contributed by atoms with van der Waals surface area (Å²) in [6.45, 7) is 6.56. The Morgan fingerprint density at radius 1 is 1.25 bits per heavy atom. The first-order valence-electron chi connectivity index (χ1n) is 7.73. The van der Waals surface area contributed by atoms with Crippen molar-refractivity contribution in [3.8, 4) is 0 Å². The molecule has 1 atom stereocenters. The predicted molar refractivity (Wildman–Crippen MR) is 90.3 cm³/mol. The molecule has 0 heterocycles. The zero-order valence-electron chi connectivity index (χ0n) is 14.3. The summed E-state index contributed by atoms with van der Waals surface area (Å²) in [5.41, 5.74) is 0.142. The molecule has 24 heavy (non-hydrogen) atoms. The highest BCUT2D eigenvalue weighted by atomic mass is 32.2. The molecule has 2 N–H and O–H groups in total. The monoisotopic (exact) mass is 356 g/mol. The summed E-state index contributed by atoms with van der Waals surface area (Å²) in [4.78, 5) is 24.8. The third kappa shape index (κ3) is 5.31. The molecule has 0 aliphatic rings. The van der Waals surface area contributed by atoms with E-state index in [0.717, 1.165) is 0 Å². The van der Waals surface area contributed by atoms with Gasteiger partial charge in [0.25, 0.3) is 5.91 Å². The predicted octanol–water partition coefficient (Wildman–Crippen LogP) is 1.70. The van der Waals surface area contributed by atoms with E-state index in [9.17, 15) is 18.0 Å². The Labute approximate surface area is 142 Å². The van der Waals surface area contributed by atoms with E-state index < -0.39 is 28.4 Å². The lowest BCUT2D eigenvalue weighted by atomic mass is 10.1. The molecule has 0 aliphatic carbocycles. The van der Waals surface area contributed by atoms with E-state index >= 15 is 0 Å². The summed E-state index contributed by atoms with van der Waals surface area (Å²) < 4.78 is 26.9. The summed E-state index contributed by atoms with van der Waals surface area (Å²) >= 11 is 0. The summed E-state index contributed by atoms with van der Waals surface area (Å²) in [5.74, 6) is -1.62. The third-order valence-electron chi connectivity index (χ3n) is 3.47. The van der Waals surface area contributed by atoms with E-state index in [2.05, 4.69) is 4.72 Å². The number of hydrogen-bond acceptors (Lipinski definition) is 4. The molecular formula is C16H24N2O5S. The minimum absolute atomic E-state index is 0.0264. The van der Waals surface area contributed by atoms with Gasteiger partial charge in [0.2, 0.25) is 10.0 Å². The number of hydrogen-bond donors (Lipinski definition) is 2. The number of carbonyl (C=O) groups is 2. The normalized spacial score (nSPS) is 12.9. The van der Waals surface area contributed by atoms with Crippen molar-refractivity contribution in [3.05, 3.63) is 29.8 Å².